The monoisotopic (exact) mass is 252 g/mol. The highest BCUT2D eigenvalue weighted by molar-refractivity contribution is 5.78. The Kier molecular flexibility index (Phi) is 4.30. The van der Waals surface area contributed by atoms with E-state index < -0.39 is 0 Å². The Morgan fingerprint density at radius 2 is 2.17 bits per heavy atom. The second-order valence-corrected chi connectivity index (χ2v) is 4.91. The number of carbonyl (C=O) groups is 1. The fourth-order valence-corrected chi connectivity index (χ4v) is 2.38. The number of carbonyl (C=O) groups excluding carboxylic acids is 1. The number of nitrogens with two attached hydrogens (primary N) is 1. The molecule has 6 nitrogen and oxygen atoms in total. The molecule has 0 unspecified atom stereocenters. The number of amides is 1. The fourth-order valence-electron chi connectivity index (χ4n) is 2.38. The molecular formula is C12H20N4O2. The average molecular weight is 252 g/mol. The van der Waals surface area contributed by atoms with E-state index in [1.807, 2.05) is 0 Å². The molecule has 1 aromatic rings. The second-order valence-electron chi connectivity index (χ2n) is 4.91. The molecule has 0 aromatic carbocycles. The quantitative estimate of drug-likeness (QED) is 0.825. The largest absolute Gasteiger partial charge is 0.347 e. The lowest BCUT2D eigenvalue weighted by molar-refractivity contribution is -0.126. The first kappa shape index (κ1) is 13.0. The van der Waals surface area contributed by atoms with Gasteiger partial charge in [0.25, 0.3) is 0 Å². The maximum Gasteiger partial charge on any atom is 0.246 e. The minimum atomic E-state index is 0.0846. The molecule has 0 bridgehead atoms. The molecule has 1 aliphatic rings. The summed E-state index contributed by atoms with van der Waals surface area (Å²) in [5, 5.41) is 6.53. The zero-order chi connectivity index (χ0) is 13.0. The standard InChI is InChI=1S/C12H20N4O2/c1-8-15-11(18-16-8)7-14-12(17)10-4-2-9(6-13)3-5-10/h9-10H,2-7,13H2,1H3,(H,14,17). The summed E-state index contributed by atoms with van der Waals surface area (Å²) in [7, 11) is 0. The van der Waals surface area contributed by atoms with Gasteiger partial charge in [0.15, 0.2) is 5.82 Å². The van der Waals surface area contributed by atoms with Gasteiger partial charge in [-0.15, -0.1) is 0 Å². The van der Waals surface area contributed by atoms with E-state index in [-0.39, 0.29) is 11.8 Å². The minimum absolute atomic E-state index is 0.0846. The number of aromatic nitrogens is 2. The van der Waals surface area contributed by atoms with Gasteiger partial charge in [0, 0.05) is 5.92 Å². The molecule has 0 saturated heterocycles. The van der Waals surface area contributed by atoms with Crippen molar-refractivity contribution >= 4 is 5.91 Å². The van der Waals surface area contributed by atoms with Crippen molar-refractivity contribution in [3.05, 3.63) is 11.7 Å². The van der Waals surface area contributed by atoms with E-state index in [1.54, 1.807) is 6.92 Å². The maximum atomic E-state index is 11.9. The van der Waals surface area contributed by atoms with Crippen molar-refractivity contribution in [2.24, 2.45) is 17.6 Å². The van der Waals surface area contributed by atoms with Gasteiger partial charge in [-0.05, 0) is 45.1 Å². The van der Waals surface area contributed by atoms with Gasteiger partial charge < -0.3 is 15.6 Å². The van der Waals surface area contributed by atoms with Crippen molar-refractivity contribution in [1.82, 2.24) is 15.5 Å². The van der Waals surface area contributed by atoms with E-state index >= 15 is 0 Å². The van der Waals surface area contributed by atoms with E-state index in [0.29, 0.717) is 24.2 Å². The van der Waals surface area contributed by atoms with Crippen molar-refractivity contribution in [2.75, 3.05) is 6.54 Å². The Balaban J connectivity index is 1.75. The Morgan fingerprint density at radius 3 is 2.72 bits per heavy atom. The maximum absolute atomic E-state index is 11.9. The molecule has 3 N–H and O–H groups in total. The SMILES string of the molecule is Cc1noc(CNC(=O)C2CCC(CN)CC2)n1. The molecule has 1 amide bonds. The van der Waals surface area contributed by atoms with Crippen LogP contribution in [-0.4, -0.2) is 22.6 Å². The highest BCUT2D eigenvalue weighted by Crippen LogP contribution is 2.28. The van der Waals surface area contributed by atoms with E-state index in [1.165, 1.54) is 0 Å². The lowest BCUT2D eigenvalue weighted by Gasteiger charge is -2.26. The molecular weight excluding hydrogens is 232 g/mol. The van der Waals surface area contributed by atoms with Crippen molar-refractivity contribution < 1.29 is 9.32 Å². The molecule has 0 atom stereocenters. The molecule has 1 heterocycles. The highest BCUT2D eigenvalue weighted by atomic mass is 16.5. The molecule has 1 saturated carbocycles. The summed E-state index contributed by atoms with van der Waals surface area (Å²) >= 11 is 0. The van der Waals surface area contributed by atoms with Crippen LogP contribution in [0.25, 0.3) is 0 Å². The van der Waals surface area contributed by atoms with Crippen LogP contribution in [0.3, 0.4) is 0 Å². The van der Waals surface area contributed by atoms with Crippen LogP contribution in [0, 0.1) is 18.8 Å². The Hall–Kier alpha value is -1.43. The first-order valence-electron chi connectivity index (χ1n) is 6.46. The van der Waals surface area contributed by atoms with Crippen LogP contribution in [0.4, 0.5) is 0 Å². The van der Waals surface area contributed by atoms with Crippen LogP contribution < -0.4 is 11.1 Å². The van der Waals surface area contributed by atoms with Gasteiger partial charge in [-0.25, -0.2) is 0 Å². The molecule has 0 radical (unpaired) electrons. The van der Waals surface area contributed by atoms with Crippen molar-refractivity contribution in [3.8, 4) is 0 Å². The molecule has 0 aliphatic heterocycles. The summed E-state index contributed by atoms with van der Waals surface area (Å²) in [6.45, 7) is 2.80. The molecule has 6 heteroatoms. The number of hydrogen-bond donors (Lipinski definition) is 2. The smallest absolute Gasteiger partial charge is 0.246 e. The molecule has 100 valence electrons. The van der Waals surface area contributed by atoms with Gasteiger partial charge in [0.05, 0.1) is 6.54 Å². The third kappa shape index (κ3) is 3.29. The van der Waals surface area contributed by atoms with E-state index in [0.717, 1.165) is 32.2 Å². The molecule has 1 aliphatic carbocycles. The molecule has 18 heavy (non-hydrogen) atoms. The number of nitrogens with zero attached hydrogens (tertiary/aromatic N) is 2. The van der Waals surface area contributed by atoms with E-state index in [9.17, 15) is 4.79 Å². The summed E-state index contributed by atoms with van der Waals surface area (Å²) in [5.41, 5.74) is 5.63. The zero-order valence-corrected chi connectivity index (χ0v) is 10.7. The lowest BCUT2D eigenvalue weighted by atomic mass is 9.81. The van der Waals surface area contributed by atoms with E-state index in [2.05, 4.69) is 15.5 Å². The Bertz CT molecular complexity index is 397. The van der Waals surface area contributed by atoms with Crippen LogP contribution in [0.2, 0.25) is 0 Å². The van der Waals surface area contributed by atoms with E-state index in [4.69, 9.17) is 10.3 Å². The number of aryl methyl sites for hydroxylation is 1. The normalized spacial score (nSPS) is 23.9. The molecule has 1 aromatic heterocycles. The van der Waals surface area contributed by atoms with Gasteiger partial charge in [0.2, 0.25) is 11.8 Å². The summed E-state index contributed by atoms with van der Waals surface area (Å²) in [5.74, 6) is 1.82. The lowest BCUT2D eigenvalue weighted by Crippen LogP contribution is -2.34. The third-order valence-corrected chi connectivity index (χ3v) is 3.53. The van der Waals surface area contributed by atoms with Crippen LogP contribution in [-0.2, 0) is 11.3 Å². The first-order chi connectivity index (χ1) is 8.69. The summed E-state index contributed by atoms with van der Waals surface area (Å²) in [4.78, 5) is 16.0. The van der Waals surface area contributed by atoms with Gasteiger partial charge in [0.1, 0.15) is 0 Å². The zero-order valence-electron chi connectivity index (χ0n) is 10.7. The second kappa shape index (κ2) is 5.95. The number of hydrogen-bond acceptors (Lipinski definition) is 5. The van der Waals surface area contributed by atoms with Crippen molar-refractivity contribution in [1.29, 1.82) is 0 Å². The van der Waals surface area contributed by atoms with Crippen LogP contribution in [0.15, 0.2) is 4.52 Å². The highest BCUT2D eigenvalue weighted by Gasteiger charge is 2.25. The predicted molar refractivity (Wildman–Crippen MR) is 65.4 cm³/mol. The van der Waals surface area contributed by atoms with Crippen LogP contribution in [0.1, 0.15) is 37.4 Å². The van der Waals surface area contributed by atoms with Gasteiger partial charge in [-0.1, -0.05) is 5.16 Å². The average Bonchev–Trinajstić information content (AvgIpc) is 2.82. The predicted octanol–water partition coefficient (Wildman–Crippen LogP) is 0.759. The molecule has 2 rings (SSSR count). The number of rotatable bonds is 4. The summed E-state index contributed by atoms with van der Waals surface area (Å²) < 4.78 is 4.94. The fraction of sp³-hybridized carbons (Fsp3) is 0.750. The van der Waals surface area contributed by atoms with Crippen molar-refractivity contribution in [3.63, 3.8) is 0 Å². The number of nitrogens with one attached hydrogen (secondary N) is 1. The van der Waals surface area contributed by atoms with Gasteiger partial charge in [-0.3, -0.25) is 4.79 Å². The third-order valence-electron chi connectivity index (χ3n) is 3.53. The molecule has 1 fully saturated rings. The Labute approximate surface area is 106 Å². The van der Waals surface area contributed by atoms with Crippen LogP contribution >= 0.6 is 0 Å². The van der Waals surface area contributed by atoms with Crippen molar-refractivity contribution in [2.45, 2.75) is 39.2 Å². The first-order valence-corrected chi connectivity index (χ1v) is 6.46. The minimum Gasteiger partial charge on any atom is -0.347 e. The van der Waals surface area contributed by atoms with Gasteiger partial charge >= 0.3 is 0 Å². The Morgan fingerprint density at radius 1 is 1.44 bits per heavy atom. The van der Waals surface area contributed by atoms with Crippen LogP contribution in [0.5, 0.6) is 0 Å². The van der Waals surface area contributed by atoms with Gasteiger partial charge in [-0.2, -0.15) is 4.98 Å². The summed E-state index contributed by atoms with van der Waals surface area (Å²) in [6, 6.07) is 0. The molecule has 0 spiro atoms. The topological polar surface area (TPSA) is 94.0 Å². The summed E-state index contributed by atoms with van der Waals surface area (Å²) in [6.07, 6.45) is 3.95.